The van der Waals surface area contributed by atoms with E-state index in [1.165, 1.54) is 19.2 Å². The zero-order chi connectivity index (χ0) is 15.3. The van der Waals surface area contributed by atoms with Crippen LogP contribution in [0.3, 0.4) is 0 Å². The maximum Gasteiger partial charge on any atom is 0.429 e. The molecule has 0 unspecified atom stereocenters. The smallest absolute Gasteiger partial charge is 0.429 e. The Hall–Kier alpha value is -2.30. The van der Waals surface area contributed by atoms with Gasteiger partial charge < -0.3 is 4.74 Å². The highest BCUT2D eigenvalue weighted by Crippen LogP contribution is 2.25. The van der Waals surface area contributed by atoms with Gasteiger partial charge >= 0.3 is 6.18 Å². The van der Waals surface area contributed by atoms with E-state index in [1.54, 1.807) is 42.5 Å². The molecule has 0 aliphatic carbocycles. The fraction of sp³-hybridized carbons (Fsp3) is 0.188. The van der Waals surface area contributed by atoms with E-state index in [4.69, 9.17) is 4.74 Å². The first-order chi connectivity index (χ1) is 9.99. The molecule has 0 radical (unpaired) electrons. The van der Waals surface area contributed by atoms with E-state index in [2.05, 4.69) is 4.99 Å². The SMILES string of the molecule is COc1ccc(N=C(Cc2ccccc2)C(F)(F)F)cc1. The standard InChI is InChI=1S/C16H14F3NO/c1-21-14-9-7-13(8-10-14)20-15(16(17,18)19)11-12-5-3-2-4-6-12/h2-10H,11H2,1H3. The molecule has 0 aromatic heterocycles. The fourth-order valence-corrected chi connectivity index (χ4v) is 1.80. The van der Waals surface area contributed by atoms with Crippen LogP contribution in [0.4, 0.5) is 18.9 Å². The van der Waals surface area contributed by atoms with Crippen molar-refractivity contribution in [3.63, 3.8) is 0 Å². The van der Waals surface area contributed by atoms with Gasteiger partial charge in [-0.25, -0.2) is 4.99 Å². The van der Waals surface area contributed by atoms with Crippen LogP contribution < -0.4 is 4.74 Å². The summed E-state index contributed by atoms with van der Waals surface area (Å²) < 4.78 is 44.2. The summed E-state index contributed by atoms with van der Waals surface area (Å²) in [6, 6.07) is 14.6. The summed E-state index contributed by atoms with van der Waals surface area (Å²) in [5.74, 6) is 0.575. The lowest BCUT2D eigenvalue weighted by Crippen LogP contribution is -2.24. The molecule has 110 valence electrons. The van der Waals surface area contributed by atoms with Crippen LogP contribution >= 0.6 is 0 Å². The Bertz CT molecular complexity index is 604. The first-order valence-corrected chi connectivity index (χ1v) is 6.32. The normalized spacial score (nSPS) is 12.3. The van der Waals surface area contributed by atoms with E-state index < -0.39 is 11.9 Å². The van der Waals surface area contributed by atoms with Gasteiger partial charge in [0.05, 0.1) is 12.8 Å². The van der Waals surface area contributed by atoms with Gasteiger partial charge in [-0.2, -0.15) is 13.2 Å². The maximum atomic E-state index is 13.1. The van der Waals surface area contributed by atoms with Crippen molar-refractivity contribution in [3.8, 4) is 5.75 Å². The first kappa shape index (κ1) is 15.1. The van der Waals surface area contributed by atoms with Crippen molar-refractivity contribution in [1.29, 1.82) is 0 Å². The van der Waals surface area contributed by atoms with Crippen molar-refractivity contribution in [2.45, 2.75) is 12.6 Å². The Morgan fingerprint density at radius 3 is 2.14 bits per heavy atom. The molecule has 0 fully saturated rings. The van der Waals surface area contributed by atoms with Crippen LogP contribution in [0.15, 0.2) is 59.6 Å². The Balaban J connectivity index is 2.29. The lowest BCUT2D eigenvalue weighted by Gasteiger charge is -2.11. The summed E-state index contributed by atoms with van der Waals surface area (Å²) in [6.07, 6.45) is -4.72. The Morgan fingerprint density at radius 1 is 1.00 bits per heavy atom. The summed E-state index contributed by atoms with van der Waals surface area (Å²) in [6.45, 7) is 0. The summed E-state index contributed by atoms with van der Waals surface area (Å²) >= 11 is 0. The lowest BCUT2D eigenvalue weighted by atomic mass is 10.1. The molecule has 0 saturated carbocycles. The van der Waals surface area contributed by atoms with E-state index in [0.29, 0.717) is 11.3 Å². The predicted molar refractivity (Wildman–Crippen MR) is 76.3 cm³/mol. The highest BCUT2D eigenvalue weighted by atomic mass is 19.4. The summed E-state index contributed by atoms with van der Waals surface area (Å²) in [5.41, 5.74) is 0.00000892. The Labute approximate surface area is 120 Å². The fourth-order valence-electron chi connectivity index (χ4n) is 1.80. The van der Waals surface area contributed by atoms with Gasteiger partial charge in [-0.05, 0) is 29.8 Å². The quantitative estimate of drug-likeness (QED) is 0.756. The molecule has 2 rings (SSSR count). The zero-order valence-electron chi connectivity index (χ0n) is 11.4. The van der Waals surface area contributed by atoms with Crippen molar-refractivity contribution in [3.05, 3.63) is 60.2 Å². The number of halogens is 3. The molecule has 0 saturated heterocycles. The van der Waals surface area contributed by atoms with Gasteiger partial charge in [-0.3, -0.25) is 0 Å². The van der Waals surface area contributed by atoms with Crippen LogP contribution in [-0.2, 0) is 6.42 Å². The van der Waals surface area contributed by atoms with Crippen LogP contribution in [0.25, 0.3) is 0 Å². The second-order valence-corrected chi connectivity index (χ2v) is 4.42. The molecule has 2 aromatic rings. The second kappa shape index (κ2) is 6.43. The van der Waals surface area contributed by atoms with E-state index in [-0.39, 0.29) is 12.1 Å². The Morgan fingerprint density at radius 2 is 1.62 bits per heavy atom. The van der Waals surface area contributed by atoms with E-state index in [9.17, 15) is 13.2 Å². The number of hydrogen-bond acceptors (Lipinski definition) is 2. The number of methoxy groups -OCH3 is 1. The number of nitrogens with zero attached hydrogens (tertiary/aromatic N) is 1. The molecule has 0 aliphatic rings. The number of ether oxygens (including phenoxy) is 1. The third-order valence-electron chi connectivity index (χ3n) is 2.88. The minimum atomic E-state index is -4.46. The zero-order valence-corrected chi connectivity index (χ0v) is 11.4. The molecule has 0 atom stereocenters. The van der Waals surface area contributed by atoms with Crippen molar-refractivity contribution < 1.29 is 17.9 Å². The highest BCUT2D eigenvalue weighted by molar-refractivity contribution is 5.93. The average Bonchev–Trinajstić information content (AvgIpc) is 2.47. The predicted octanol–water partition coefficient (Wildman–Crippen LogP) is 4.57. The molecular formula is C16H14F3NO. The van der Waals surface area contributed by atoms with E-state index in [1.807, 2.05) is 0 Å². The monoisotopic (exact) mass is 293 g/mol. The van der Waals surface area contributed by atoms with Gasteiger partial charge in [0, 0.05) is 6.42 Å². The summed E-state index contributed by atoms with van der Waals surface area (Å²) in [7, 11) is 1.49. The molecule has 0 N–H and O–H groups in total. The molecule has 0 aliphatic heterocycles. The molecule has 21 heavy (non-hydrogen) atoms. The molecule has 5 heteroatoms. The molecule has 0 bridgehead atoms. The molecule has 2 aromatic carbocycles. The molecule has 2 nitrogen and oxygen atoms in total. The average molecular weight is 293 g/mol. The van der Waals surface area contributed by atoms with Gasteiger partial charge in [0.25, 0.3) is 0 Å². The first-order valence-electron chi connectivity index (χ1n) is 6.32. The lowest BCUT2D eigenvalue weighted by molar-refractivity contribution is -0.0600. The van der Waals surface area contributed by atoms with Crippen molar-refractivity contribution in [1.82, 2.24) is 0 Å². The highest BCUT2D eigenvalue weighted by Gasteiger charge is 2.35. The van der Waals surface area contributed by atoms with Crippen molar-refractivity contribution in [2.75, 3.05) is 7.11 Å². The van der Waals surface area contributed by atoms with Gasteiger partial charge in [0.15, 0.2) is 0 Å². The largest absolute Gasteiger partial charge is 0.497 e. The van der Waals surface area contributed by atoms with Crippen LogP contribution in [0.2, 0.25) is 0 Å². The minimum Gasteiger partial charge on any atom is -0.497 e. The molecule has 0 spiro atoms. The number of aliphatic imine (C=N–C) groups is 1. The van der Waals surface area contributed by atoms with Crippen molar-refractivity contribution >= 4 is 11.4 Å². The number of benzene rings is 2. The summed E-state index contributed by atoms with van der Waals surface area (Å²) in [5, 5.41) is 0. The van der Waals surface area contributed by atoms with Gasteiger partial charge in [0.1, 0.15) is 11.5 Å². The molecule has 0 heterocycles. The number of alkyl halides is 3. The van der Waals surface area contributed by atoms with Gasteiger partial charge in [0.2, 0.25) is 0 Å². The summed E-state index contributed by atoms with van der Waals surface area (Å²) in [4.78, 5) is 3.74. The topological polar surface area (TPSA) is 21.6 Å². The van der Waals surface area contributed by atoms with E-state index in [0.717, 1.165) is 0 Å². The minimum absolute atomic E-state index is 0.249. The second-order valence-electron chi connectivity index (χ2n) is 4.42. The number of hydrogen-bond donors (Lipinski definition) is 0. The van der Waals surface area contributed by atoms with Crippen molar-refractivity contribution in [2.24, 2.45) is 4.99 Å². The van der Waals surface area contributed by atoms with Crippen LogP contribution in [0, 0.1) is 0 Å². The van der Waals surface area contributed by atoms with E-state index >= 15 is 0 Å². The molecular weight excluding hydrogens is 279 g/mol. The maximum absolute atomic E-state index is 13.1. The van der Waals surface area contributed by atoms with Gasteiger partial charge in [-0.15, -0.1) is 0 Å². The van der Waals surface area contributed by atoms with Crippen LogP contribution in [-0.4, -0.2) is 19.0 Å². The third-order valence-corrected chi connectivity index (χ3v) is 2.88. The van der Waals surface area contributed by atoms with Crippen LogP contribution in [0.1, 0.15) is 5.56 Å². The third kappa shape index (κ3) is 4.34. The van der Waals surface area contributed by atoms with Gasteiger partial charge in [-0.1, -0.05) is 30.3 Å². The Kier molecular flexibility index (Phi) is 4.62. The van der Waals surface area contributed by atoms with Crippen LogP contribution in [0.5, 0.6) is 5.75 Å². The molecule has 0 amide bonds. The number of rotatable bonds is 4.